The zero-order chi connectivity index (χ0) is 18.6. The summed E-state index contributed by atoms with van der Waals surface area (Å²) in [5.41, 5.74) is 1.68. The maximum absolute atomic E-state index is 12.5. The van der Waals surface area contributed by atoms with Gasteiger partial charge in [-0.25, -0.2) is 0 Å². The molecule has 0 saturated carbocycles. The summed E-state index contributed by atoms with van der Waals surface area (Å²) in [4.78, 5) is 12.5. The molecule has 0 aliphatic heterocycles. The molecule has 0 bridgehead atoms. The Bertz CT molecular complexity index is 1050. The number of amides is 1. The van der Waals surface area contributed by atoms with Crippen LogP contribution in [0.2, 0.25) is 0 Å². The molecule has 4 aromatic rings. The first-order chi connectivity index (χ1) is 13.2. The standard InChI is InChI=1S/C20H20N4O3/c1-2-6-19-22-23-20(27-19)17-11-14-7-3-4-9-16(14)24(17)13-18(25)21-12-15-8-5-10-26-15/h3-5,7-11H,2,6,12-13H2,1H3,(H,21,25). The van der Waals surface area contributed by atoms with Crippen LogP contribution in [0.3, 0.4) is 0 Å². The molecule has 1 amide bonds. The predicted octanol–water partition coefficient (Wildman–Crippen LogP) is 3.55. The van der Waals surface area contributed by atoms with E-state index in [1.165, 1.54) is 0 Å². The maximum Gasteiger partial charge on any atom is 0.264 e. The summed E-state index contributed by atoms with van der Waals surface area (Å²) in [6.07, 6.45) is 3.25. The lowest BCUT2D eigenvalue weighted by Crippen LogP contribution is -2.27. The molecule has 3 aromatic heterocycles. The van der Waals surface area contributed by atoms with Crippen molar-refractivity contribution in [3.8, 4) is 11.6 Å². The first kappa shape index (κ1) is 17.1. The summed E-state index contributed by atoms with van der Waals surface area (Å²) in [6.45, 7) is 2.56. The van der Waals surface area contributed by atoms with Crippen LogP contribution in [0.25, 0.3) is 22.5 Å². The monoisotopic (exact) mass is 364 g/mol. The molecule has 4 rings (SSSR count). The van der Waals surface area contributed by atoms with Gasteiger partial charge in [-0.1, -0.05) is 25.1 Å². The summed E-state index contributed by atoms with van der Waals surface area (Å²) >= 11 is 0. The Morgan fingerprint density at radius 2 is 2.07 bits per heavy atom. The van der Waals surface area contributed by atoms with Crippen LogP contribution in [0.15, 0.2) is 57.6 Å². The van der Waals surface area contributed by atoms with Gasteiger partial charge < -0.3 is 18.7 Å². The van der Waals surface area contributed by atoms with Crippen molar-refractivity contribution in [3.63, 3.8) is 0 Å². The Labute approximate surface area is 156 Å². The van der Waals surface area contributed by atoms with E-state index in [4.69, 9.17) is 8.83 Å². The zero-order valence-corrected chi connectivity index (χ0v) is 15.0. The fourth-order valence-corrected chi connectivity index (χ4v) is 3.03. The number of benzene rings is 1. The van der Waals surface area contributed by atoms with Gasteiger partial charge in [-0.3, -0.25) is 4.79 Å². The largest absolute Gasteiger partial charge is 0.467 e. The van der Waals surface area contributed by atoms with Crippen LogP contribution in [-0.2, 0) is 24.3 Å². The quantitative estimate of drug-likeness (QED) is 0.542. The second kappa shape index (κ2) is 7.49. The van der Waals surface area contributed by atoms with Crippen molar-refractivity contribution in [2.75, 3.05) is 0 Å². The van der Waals surface area contributed by atoms with E-state index >= 15 is 0 Å². The summed E-state index contributed by atoms with van der Waals surface area (Å²) < 4.78 is 12.9. The minimum atomic E-state index is -0.123. The molecule has 0 radical (unpaired) electrons. The van der Waals surface area contributed by atoms with Crippen molar-refractivity contribution in [2.24, 2.45) is 0 Å². The van der Waals surface area contributed by atoms with Crippen molar-refractivity contribution in [1.82, 2.24) is 20.1 Å². The Morgan fingerprint density at radius 1 is 1.19 bits per heavy atom. The van der Waals surface area contributed by atoms with Crippen molar-refractivity contribution in [2.45, 2.75) is 32.9 Å². The van der Waals surface area contributed by atoms with Crippen LogP contribution in [0.5, 0.6) is 0 Å². The number of carbonyl (C=O) groups excluding carboxylic acids is 1. The third-order valence-electron chi connectivity index (χ3n) is 4.30. The number of hydrogen-bond acceptors (Lipinski definition) is 5. The minimum absolute atomic E-state index is 0.123. The first-order valence-corrected chi connectivity index (χ1v) is 8.94. The number of para-hydroxylation sites is 1. The lowest BCUT2D eigenvalue weighted by Gasteiger charge is -2.09. The second-order valence-electron chi connectivity index (χ2n) is 6.28. The van der Waals surface area contributed by atoms with E-state index in [2.05, 4.69) is 22.4 Å². The molecular weight excluding hydrogens is 344 g/mol. The SMILES string of the molecule is CCCc1nnc(-c2cc3ccccc3n2CC(=O)NCc2ccco2)o1. The summed E-state index contributed by atoms with van der Waals surface area (Å²) in [7, 11) is 0. The fraction of sp³-hybridized carbons (Fsp3) is 0.250. The van der Waals surface area contributed by atoms with E-state index in [-0.39, 0.29) is 12.5 Å². The molecule has 7 heteroatoms. The number of furan rings is 1. The zero-order valence-electron chi connectivity index (χ0n) is 15.0. The molecule has 0 fully saturated rings. The molecule has 7 nitrogen and oxygen atoms in total. The number of rotatable bonds is 7. The van der Waals surface area contributed by atoms with Crippen molar-refractivity contribution in [3.05, 3.63) is 60.4 Å². The molecule has 0 unspecified atom stereocenters. The molecule has 27 heavy (non-hydrogen) atoms. The molecule has 0 aliphatic carbocycles. The van der Waals surface area contributed by atoms with E-state index in [0.717, 1.165) is 29.4 Å². The number of nitrogens with zero attached hydrogens (tertiary/aromatic N) is 3. The van der Waals surface area contributed by atoms with E-state index in [1.807, 2.05) is 41.0 Å². The highest BCUT2D eigenvalue weighted by atomic mass is 16.4. The molecule has 1 aromatic carbocycles. The molecule has 1 N–H and O–H groups in total. The van der Waals surface area contributed by atoms with Crippen LogP contribution in [-0.4, -0.2) is 20.7 Å². The van der Waals surface area contributed by atoms with Gasteiger partial charge in [0.2, 0.25) is 11.8 Å². The average molecular weight is 364 g/mol. The van der Waals surface area contributed by atoms with Crippen LogP contribution >= 0.6 is 0 Å². The summed E-state index contributed by atoms with van der Waals surface area (Å²) in [5, 5.41) is 12.2. The molecule has 0 aliphatic rings. The summed E-state index contributed by atoms with van der Waals surface area (Å²) in [6, 6.07) is 13.5. The smallest absolute Gasteiger partial charge is 0.264 e. The van der Waals surface area contributed by atoms with E-state index < -0.39 is 0 Å². The minimum Gasteiger partial charge on any atom is -0.467 e. The number of hydrogen-bond donors (Lipinski definition) is 1. The van der Waals surface area contributed by atoms with E-state index in [9.17, 15) is 4.79 Å². The van der Waals surface area contributed by atoms with Gasteiger partial charge in [0.1, 0.15) is 18.0 Å². The van der Waals surface area contributed by atoms with Crippen molar-refractivity contribution in [1.29, 1.82) is 0 Å². The normalized spacial score (nSPS) is 11.1. The highest BCUT2D eigenvalue weighted by Gasteiger charge is 2.18. The molecular formula is C20H20N4O3. The van der Waals surface area contributed by atoms with Gasteiger partial charge in [0, 0.05) is 17.3 Å². The van der Waals surface area contributed by atoms with Gasteiger partial charge in [-0.2, -0.15) is 0 Å². The molecule has 0 spiro atoms. The lowest BCUT2D eigenvalue weighted by molar-refractivity contribution is -0.121. The topological polar surface area (TPSA) is 86.1 Å². The van der Waals surface area contributed by atoms with Gasteiger partial charge in [0.15, 0.2) is 0 Å². The lowest BCUT2D eigenvalue weighted by atomic mass is 10.2. The Balaban J connectivity index is 1.62. The number of nitrogens with one attached hydrogen (secondary N) is 1. The molecule has 3 heterocycles. The van der Waals surface area contributed by atoms with Crippen molar-refractivity contribution < 1.29 is 13.6 Å². The molecule has 138 valence electrons. The maximum atomic E-state index is 12.5. The second-order valence-corrected chi connectivity index (χ2v) is 6.28. The van der Waals surface area contributed by atoms with Crippen LogP contribution in [0.1, 0.15) is 25.0 Å². The third-order valence-corrected chi connectivity index (χ3v) is 4.30. The highest BCUT2D eigenvalue weighted by molar-refractivity contribution is 5.88. The number of fused-ring (bicyclic) bond motifs is 1. The molecule has 0 atom stereocenters. The Kier molecular flexibility index (Phi) is 4.74. The third kappa shape index (κ3) is 3.62. The molecule has 0 saturated heterocycles. The van der Waals surface area contributed by atoms with Gasteiger partial charge in [0.05, 0.1) is 12.8 Å². The van der Waals surface area contributed by atoms with Crippen molar-refractivity contribution >= 4 is 16.8 Å². The number of carbonyl (C=O) groups is 1. The van der Waals surface area contributed by atoms with Crippen LogP contribution in [0.4, 0.5) is 0 Å². The average Bonchev–Trinajstić information content (AvgIpc) is 3.41. The van der Waals surface area contributed by atoms with E-state index in [0.29, 0.717) is 24.1 Å². The van der Waals surface area contributed by atoms with Crippen LogP contribution in [0, 0.1) is 0 Å². The van der Waals surface area contributed by atoms with Gasteiger partial charge >= 0.3 is 0 Å². The first-order valence-electron chi connectivity index (χ1n) is 8.94. The highest BCUT2D eigenvalue weighted by Crippen LogP contribution is 2.27. The van der Waals surface area contributed by atoms with Gasteiger partial charge in [-0.15, -0.1) is 10.2 Å². The predicted molar refractivity (Wildman–Crippen MR) is 99.8 cm³/mol. The summed E-state index contributed by atoms with van der Waals surface area (Å²) in [5.74, 6) is 1.62. The number of aryl methyl sites for hydroxylation is 1. The van der Waals surface area contributed by atoms with Gasteiger partial charge in [-0.05, 0) is 30.7 Å². The van der Waals surface area contributed by atoms with Crippen LogP contribution < -0.4 is 5.32 Å². The van der Waals surface area contributed by atoms with E-state index in [1.54, 1.807) is 12.3 Å². The fourth-order valence-electron chi connectivity index (χ4n) is 3.03. The van der Waals surface area contributed by atoms with Gasteiger partial charge in [0.25, 0.3) is 5.89 Å². The number of aromatic nitrogens is 3. The Hall–Kier alpha value is -3.35. The Morgan fingerprint density at radius 3 is 2.89 bits per heavy atom.